The van der Waals surface area contributed by atoms with Gasteiger partial charge < -0.3 is 10.1 Å². The van der Waals surface area contributed by atoms with E-state index in [9.17, 15) is 13.2 Å². The summed E-state index contributed by atoms with van der Waals surface area (Å²) in [5.41, 5.74) is 1.25. The number of hydrogen-bond donors (Lipinski definition) is 1. The van der Waals surface area contributed by atoms with Crippen LogP contribution in [0.25, 0.3) is 0 Å². The third-order valence-electron chi connectivity index (χ3n) is 4.76. The van der Waals surface area contributed by atoms with Gasteiger partial charge in [-0.2, -0.15) is 5.26 Å². The Morgan fingerprint density at radius 1 is 1.12 bits per heavy atom. The van der Waals surface area contributed by atoms with Crippen LogP contribution in [0.1, 0.15) is 19.4 Å². The molecule has 0 saturated carbocycles. The Labute approximate surface area is 198 Å². The van der Waals surface area contributed by atoms with Crippen LogP contribution in [-0.4, -0.2) is 27.0 Å². The fourth-order valence-corrected chi connectivity index (χ4v) is 5.07. The first-order valence-corrected chi connectivity index (χ1v) is 11.9. The minimum absolute atomic E-state index is 0.0456. The quantitative estimate of drug-likeness (QED) is 0.494. The molecule has 0 saturated heterocycles. The van der Waals surface area contributed by atoms with Crippen LogP contribution in [0.2, 0.25) is 5.02 Å². The molecular formula is C24H22ClN3O4S. The summed E-state index contributed by atoms with van der Waals surface area (Å²) >= 11 is 6.23. The van der Waals surface area contributed by atoms with Crippen molar-refractivity contribution in [3.8, 4) is 11.8 Å². The molecule has 0 bridgehead atoms. The lowest BCUT2D eigenvalue weighted by Crippen LogP contribution is -2.32. The lowest BCUT2D eigenvalue weighted by Gasteiger charge is -2.24. The normalized spacial score (nSPS) is 11.8. The second-order valence-electron chi connectivity index (χ2n) is 7.04. The molecule has 3 aromatic rings. The molecule has 7 nitrogen and oxygen atoms in total. The van der Waals surface area contributed by atoms with Crippen LogP contribution >= 0.6 is 11.6 Å². The van der Waals surface area contributed by atoms with Gasteiger partial charge in [-0.1, -0.05) is 29.8 Å². The maximum atomic E-state index is 13.3. The molecule has 0 aliphatic heterocycles. The summed E-state index contributed by atoms with van der Waals surface area (Å²) in [4.78, 5) is 12.5. The topological polar surface area (TPSA) is 99.5 Å². The van der Waals surface area contributed by atoms with Crippen molar-refractivity contribution >= 4 is 38.9 Å². The summed E-state index contributed by atoms with van der Waals surface area (Å²) in [7, 11) is -3.98. The van der Waals surface area contributed by atoms with E-state index in [0.29, 0.717) is 17.0 Å². The van der Waals surface area contributed by atoms with E-state index in [1.54, 1.807) is 68.4 Å². The predicted molar refractivity (Wildman–Crippen MR) is 128 cm³/mol. The van der Waals surface area contributed by atoms with Gasteiger partial charge in [0.05, 0.1) is 22.3 Å². The maximum absolute atomic E-state index is 13.3. The number of carbonyl (C=O) groups excluding carboxylic acids is 1. The van der Waals surface area contributed by atoms with Crippen molar-refractivity contribution in [1.82, 2.24) is 0 Å². The first-order valence-electron chi connectivity index (χ1n) is 10.1. The van der Waals surface area contributed by atoms with E-state index in [1.165, 1.54) is 22.5 Å². The highest BCUT2D eigenvalue weighted by Gasteiger charge is 2.27. The SMILES string of the molecule is CCN(c1ccccc1)S(=O)(=O)c1cc(NC(=O)C(C)Oc2ccc(C#N)cc2)ccc1Cl. The van der Waals surface area contributed by atoms with Gasteiger partial charge in [-0.05, 0) is 68.4 Å². The van der Waals surface area contributed by atoms with Crippen LogP contribution < -0.4 is 14.4 Å². The number of carbonyl (C=O) groups is 1. The number of nitrogens with one attached hydrogen (secondary N) is 1. The Bertz CT molecular complexity index is 1270. The van der Waals surface area contributed by atoms with Gasteiger partial charge >= 0.3 is 0 Å². The molecule has 0 aliphatic rings. The second-order valence-corrected chi connectivity index (χ2v) is 9.27. The average Bonchev–Trinajstić information content (AvgIpc) is 2.81. The highest BCUT2D eigenvalue weighted by molar-refractivity contribution is 7.93. The Kier molecular flexibility index (Phi) is 7.59. The van der Waals surface area contributed by atoms with Crippen molar-refractivity contribution in [1.29, 1.82) is 5.26 Å². The monoisotopic (exact) mass is 483 g/mol. The van der Waals surface area contributed by atoms with E-state index >= 15 is 0 Å². The van der Waals surface area contributed by atoms with Crippen LogP contribution in [-0.2, 0) is 14.8 Å². The fourth-order valence-electron chi connectivity index (χ4n) is 3.09. The Morgan fingerprint density at radius 3 is 2.39 bits per heavy atom. The van der Waals surface area contributed by atoms with Gasteiger partial charge in [0, 0.05) is 12.2 Å². The molecule has 0 aromatic heterocycles. The first-order chi connectivity index (χ1) is 15.8. The largest absolute Gasteiger partial charge is 0.481 e. The highest BCUT2D eigenvalue weighted by Crippen LogP contribution is 2.30. The number of anilines is 2. The number of halogens is 1. The molecule has 170 valence electrons. The first kappa shape index (κ1) is 24.1. The summed E-state index contributed by atoms with van der Waals surface area (Å²) in [5, 5.41) is 11.6. The van der Waals surface area contributed by atoms with Gasteiger partial charge in [-0.3, -0.25) is 9.10 Å². The minimum atomic E-state index is -3.98. The van der Waals surface area contributed by atoms with Crippen LogP contribution in [0.15, 0.2) is 77.7 Å². The molecule has 0 radical (unpaired) electrons. The fraction of sp³-hybridized carbons (Fsp3) is 0.167. The van der Waals surface area contributed by atoms with Crippen molar-refractivity contribution in [3.05, 3.63) is 83.4 Å². The van der Waals surface area contributed by atoms with E-state index in [0.717, 1.165) is 0 Å². The van der Waals surface area contributed by atoms with Crippen LogP contribution in [0.3, 0.4) is 0 Å². The van der Waals surface area contributed by atoms with E-state index in [2.05, 4.69) is 5.32 Å². The smallest absolute Gasteiger partial charge is 0.265 e. The van der Waals surface area contributed by atoms with Crippen LogP contribution in [0, 0.1) is 11.3 Å². The highest BCUT2D eigenvalue weighted by atomic mass is 35.5. The summed E-state index contributed by atoms with van der Waals surface area (Å²) in [6.07, 6.45) is -0.870. The number of nitrogens with zero attached hydrogens (tertiary/aromatic N) is 2. The zero-order valence-electron chi connectivity index (χ0n) is 18.0. The number of rotatable bonds is 8. The van der Waals surface area contributed by atoms with Crippen molar-refractivity contribution in [2.45, 2.75) is 24.8 Å². The molecule has 3 aromatic carbocycles. The van der Waals surface area contributed by atoms with E-state index in [4.69, 9.17) is 21.6 Å². The Morgan fingerprint density at radius 2 is 1.79 bits per heavy atom. The van der Waals surface area contributed by atoms with Crippen LogP contribution in [0.5, 0.6) is 5.75 Å². The number of para-hydroxylation sites is 1. The summed E-state index contributed by atoms with van der Waals surface area (Å²) < 4.78 is 33.5. The Hall–Kier alpha value is -3.54. The predicted octanol–water partition coefficient (Wildman–Crippen LogP) is 4.83. The number of benzene rings is 3. The zero-order valence-corrected chi connectivity index (χ0v) is 19.6. The number of hydrogen-bond acceptors (Lipinski definition) is 5. The molecule has 9 heteroatoms. The van der Waals surface area contributed by atoms with E-state index < -0.39 is 22.0 Å². The lowest BCUT2D eigenvalue weighted by molar-refractivity contribution is -0.122. The van der Waals surface area contributed by atoms with E-state index in [1.807, 2.05) is 6.07 Å². The van der Waals surface area contributed by atoms with Crippen molar-refractivity contribution in [2.75, 3.05) is 16.2 Å². The molecule has 0 spiro atoms. The third kappa shape index (κ3) is 5.64. The van der Waals surface area contributed by atoms with Crippen LogP contribution in [0.4, 0.5) is 11.4 Å². The summed E-state index contributed by atoms with van der Waals surface area (Å²) in [6, 6.07) is 21.3. The van der Waals surface area contributed by atoms with Gasteiger partial charge in [0.15, 0.2) is 6.10 Å². The van der Waals surface area contributed by atoms with Gasteiger partial charge in [0.1, 0.15) is 10.6 Å². The van der Waals surface area contributed by atoms with Crippen molar-refractivity contribution < 1.29 is 17.9 Å². The number of ether oxygens (including phenoxy) is 1. The molecule has 0 heterocycles. The second kappa shape index (κ2) is 10.4. The summed E-state index contributed by atoms with van der Waals surface area (Å²) in [5.74, 6) is -0.0436. The number of sulfonamides is 1. The molecule has 33 heavy (non-hydrogen) atoms. The molecule has 1 amide bonds. The van der Waals surface area contributed by atoms with Gasteiger partial charge in [-0.15, -0.1) is 0 Å². The third-order valence-corrected chi connectivity index (χ3v) is 7.15. The molecular weight excluding hydrogens is 462 g/mol. The van der Waals surface area contributed by atoms with Gasteiger partial charge in [0.2, 0.25) is 0 Å². The lowest BCUT2D eigenvalue weighted by atomic mass is 10.2. The standard InChI is InChI=1S/C24H22ClN3O4S/c1-3-28(20-7-5-4-6-8-20)33(30,31)23-15-19(11-14-22(23)25)27-24(29)17(2)32-21-12-9-18(16-26)10-13-21/h4-15,17H,3H2,1-2H3,(H,27,29). The maximum Gasteiger partial charge on any atom is 0.265 e. The van der Waals surface area contributed by atoms with Gasteiger partial charge in [0.25, 0.3) is 15.9 Å². The molecule has 1 unspecified atom stereocenters. The Balaban J connectivity index is 1.80. The number of nitriles is 1. The molecule has 1 atom stereocenters. The number of amides is 1. The van der Waals surface area contributed by atoms with E-state index in [-0.39, 0.29) is 22.2 Å². The molecule has 3 rings (SSSR count). The van der Waals surface area contributed by atoms with Crippen molar-refractivity contribution in [3.63, 3.8) is 0 Å². The molecule has 0 fully saturated rings. The molecule has 0 aliphatic carbocycles. The van der Waals surface area contributed by atoms with Crippen molar-refractivity contribution in [2.24, 2.45) is 0 Å². The minimum Gasteiger partial charge on any atom is -0.481 e. The average molecular weight is 484 g/mol. The molecule has 1 N–H and O–H groups in total. The summed E-state index contributed by atoms with van der Waals surface area (Å²) in [6.45, 7) is 3.50. The zero-order chi connectivity index (χ0) is 24.0. The van der Waals surface area contributed by atoms with Gasteiger partial charge in [-0.25, -0.2) is 8.42 Å².